The molecule has 0 unspecified atom stereocenters. The summed E-state index contributed by atoms with van der Waals surface area (Å²) < 4.78 is 40.4. The molecule has 2 aromatic rings. The number of halogens is 3. The Morgan fingerprint density at radius 2 is 1.94 bits per heavy atom. The smallest absolute Gasteiger partial charge is 0.351 e. The zero-order valence-electron chi connectivity index (χ0n) is 18.0. The van der Waals surface area contributed by atoms with Crippen LogP contribution in [0.5, 0.6) is 0 Å². The molecule has 0 atom stereocenters. The van der Waals surface area contributed by atoms with E-state index in [2.05, 4.69) is 10.6 Å². The predicted molar refractivity (Wildman–Crippen MR) is 121 cm³/mol. The van der Waals surface area contributed by atoms with E-state index in [-0.39, 0.29) is 23.0 Å². The van der Waals surface area contributed by atoms with Crippen LogP contribution in [0.1, 0.15) is 21.5 Å². The molecule has 3 rings (SSSR count). The first-order valence-electron chi connectivity index (χ1n) is 9.99. The van der Waals surface area contributed by atoms with Crippen molar-refractivity contribution in [2.75, 3.05) is 50.2 Å². The Morgan fingerprint density at radius 1 is 1.19 bits per heavy atom. The number of benzene rings is 2. The second-order valence-corrected chi connectivity index (χ2v) is 8.50. The lowest BCUT2D eigenvalue weighted by molar-refractivity contribution is -0.139. The van der Waals surface area contributed by atoms with E-state index >= 15 is 0 Å². The maximum Gasteiger partial charge on any atom is 0.417 e. The number of likely N-dealkylation sites (N-methyl/N-ethyl adjacent to an activating group) is 1. The van der Waals surface area contributed by atoms with Crippen molar-refractivity contribution in [1.82, 2.24) is 10.2 Å². The number of hydrogen-bond donors (Lipinski definition) is 2. The Labute approximate surface area is 189 Å². The number of anilines is 2. The molecule has 2 N–H and O–H groups in total. The van der Waals surface area contributed by atoms with Crippen LogP contribution < -0.4 is 15.5 Å². The molecule has 0 aromatic heterocycles. The van der Waals surface area contributed by atoms with E-state index in [4.69, 9.17) is 0 Å². The molecule has 0 aliphatic carbocycles. The Hall–Kier alpha value is -2.72. The topological polar surface area (TPSA) is 64.7 Å². The number of carbonyl (C=O) groups excluding carboxylic acids is 2. The summed E-state index contributed by atoms with van der Waals surface area (Å²) in [5.74, 6) is -0.270. The number of carbonyl (C=O) groups is 2. The van der Waals surface area contributed by atoms with Crippen molar-refractivity contribution >= 4 is 35.1 Å². The Balaban J connectivity index is 1.75. The van der Waals surface area contributed by atoms with Crippen LogP contribution in [-0.4, -0.2) is 56.8 Å². The van der Waals surface area contributed by atoms with Crippen molar-refractivity contribution in [1.29, 1.82) is 0 Å². The highest BCUT2D eigenvalue weighted by molar-refractivity contribution is 7.98. The lowest BCUT2D eigenvalue weighted by Crippen LogP contribution is -2.34. The number of nitrogens with zero attached hydrogens (tertiary/aromatic N) is 2. The highest BCUT2D eigenvalue weighted by atomic mass is 32.2. The summed E-state index contributed by atoms with van der Waals surface area (Å²) in [5.41, 5.74) is 0.976. The number of rotatable bonds is 6. The molecule has 172 valence electrons. The van der Waals surface area contributed by atoms with Crippen molar-refractivity contribution in [2.24, 2.45) is 0 Å². The third-order valence-electron chi connectivity index (χ3n) is 5.07. The molecule has 0 fully saturated rings. The highest BCUT2D eigenvalue weighted by Gasteiger charge is 2.36. The van der Waals surface area contributed by atoms with E-state index in [0.717, 1.165) is 17.8 Å². The van der Waals surface area contributed by atoms with Gasteiger partial charge in [0.1, 0.15) is 0 Å². The number of urea groups is 1. The van der Waals surface area contributed by atoms with Crippen molar-refractivity contribution < 1.29 is 22.8 Å². The monoisotopic (exact) mass is 466 g/mol. The van der Waals surface area contributed by atoms with Gasteiger partial charge in [-0.25, -0.2) is 4.79 Å². The van der Waals surface area contributed by atoms with Gasteiger partial charge in [-0.2, -0.15) is 13.2 Å². The molecule has 1 aliphatic rings. The molecule has 2 aromatic carbocycles. The first-order valence-corrected chi connectivity index (χ1v) is 11.2. The molecular formula is C22H25F3N4O2S. The lowest BCUT2D eigenvalue weighted by Gasteiger charge is -2.20. The van der Waals surface area contributed by atoms with E-state index in [9.17, 15) is 22.8 Å². The molecule has 0 spiro atoms. The van der Waals surface area contributed by atoms with Gasteiger partial charge >= 0.3 is 12.2 Å². The summed E-state index contributed by atoms with van der Waals surface area (Å²) in [6.07, 6.45) is -2.44. The van der Waals surface area contributed by atoms with Crippen LogP contribution in [0.15, 0.2) is 41.3 Å². The number of thioether (sulfide) groups is 1. The van der Waals surface area contributed by atoms with Crippen LogP contribution >= 0.6 is 11.8 Å². The fourth-order valence-electron chi connectivity index (χ4n) is 3.44. The fraction of sp³-hybridized carbons (Fsp3) is 0.364. The van der Waals surface area contributed by atoms with Gasteiger partial charge in [0.25, 0.3) is 5.91 Å². The van der Waals surface area contributed by atoms with Gasteiger partial charge in [0.15, 0.2) is 0 Å². The van der Waals surface area contributed by atoms with E-state index in [0.29, 0.717) is 36.3 Å². The molecule has 10 heteroatoms. The van der Waals surface area contributed by atoms with Crippen LogP contribution in [0.2, 0.25) is 0 Å². The second-order valence-electron chi connectivity index (χ2n) is 7.65. The molecule has 0 radical (unpaired) electrons. The van der Waals surface area contributed by atoms with Gasteiger partial charge < -0.3 is 15.5 Å². The van der Waals surface area contributed by atoms with Crippen molar-refractivity contribution in [3.05, 3.63) is 53.1 Å². The van der Waals surface area contributed by atoms with Gasteiger partial charge in [-0.05, 0) is 62.7 Å². The third kappa shape index (κ3) is 5.55. The van der Waals surface area contributed by atoms with Gasteiger partial charge in [-0.15, -0.1) is 11.8 Å². The van der Waals surface area contributed by atoms with Gasteiger partial charge in [0.05, 0.1) is 5.56 Å². The van der Waals surface area contributed by atoms with Gasteiger partial charge in [-0.1, -0.05) is 6.07 Å². The van der Waals surface area contributed by atoms with E-state index in [1.807, 2.05) is 19.0 Å². The summed E-state index contributed by atoms with van der Waals surface area (Å²) in [7, 11) is 3.80. The normalized spacial score (nSPS) is 13.3. The number of amides is 3. The maximum absolute atomic E-state index is 13.5. The van der Waals surface area contributed by atoms with Crippen LogP contribution in [0, 0.1) is 0 Å². The summed E-state index contributed by atoms with van der Waals surface area (Å²) >= 11 is 1.03. The molecule has 3 amide bonds. The Kier molecular flexibility index (Phi) is 7.35. The third-order valence-corrected chi connectivity index (χ3v) is 5.85. The zero-order chi connectivity index (χ0) is 23.5. The summed E-state index contributed by atoms with van der Waals surface area (Å²) in [5, 5.41) is 5.49. The first kappa shape index (κ1) is 23.9. The maximum atomic E-state index is 13.5. The van der Waals surface area contributed by atoms with Crippen LogP contribution in [-0.2, 0) is 12.6 Å². The quantitative estimate of drug-likeness (QED) is 0.623. The number of fused-ring (bicyclic) bond motifs is 1. The fourth-order valence-corrected chi connectivity index (χ4v) is 4.09. The lowest BCUT2D eigenvalue weighted by atomic mass is 10.1. The molecule has 1 aliphatic heterocycles. The Morgan fingerprint density at radius 3 is 2.59 bits per heavy atom. The molecular weight excluding hydrogens is 441 g/mol. The van der Waals surface area contributed by atoms with Crippen molar-refractivity contribution in [2.45, 2.75) is 17.5 Å². The average molecular weight is 467 g/mol. The summed E-state index contributed by atoms with van der Waals surface area (Å²) in [6, 6.07) is 8.45. The van der Waals surface area contributed by atoms with E-state index in [1.54, 1.807) is 24.5 Å². The van der Waals surface area contributed by atoms with Gasteiger partial charge in [0, 0.05) is 41.5 Å². The molecule has 6 nitrogen and oxygen atoms in total. The van der Waals surface area contributed by atoms with Crippen LogP contribution in [0.4, 0.5) is 29.3 Å². The van der Waals surface area contributed by atoms with Crippen molar-refractivity contribution in [3.8, 4) is 0 Å². The van der Waals surface area contributed by atoms with Crippen LogP contribution in [0.3, 0.4) is 0 Å². The van der Waals surface area contributed by atoms with Crippen LogP contribution in [0.25, 0.3) is 0 Å². The minimum absolute atomic E-state index is 0.145. The van der Waals surface area contributed by atoms with E-state index in [1.165, 1.54) is 17.0 Å². The average Bonchev–Trinajstić information content (AvgIpc) is 3.15. The molecule has 0 saturated heterocycles. The largest absolute Gasteiger partial charge is 0.417 e. The minimum atomic E-state index is -4.51. The zero-order valence-corrected chi connectivity index (χ0v) is 18.9. The number of hydrogen-bond acceptors (Lipinski definition) is 4. The second kappa shape index (κ2) is 9.83. The molecule has 32 heavy (non-hydrogen) atoms. The van der Waals surface area contributed by atoms with Gasteiger partial charge in [-0.3, -0.25) is 9.69 Å². The molecule has 0 bridgehead atoms. The highest BCUT2D eigenvalue weighted by Crippen LogP contribution is 2.42. The number of nitrogens with one attached hydrogen (secondary N) is 2. The summed E-state index contributed by atoms with van der Waals surface area (Å²) in [6.45, 7) is 1.45. The van der Waals surface area contributed by atoms with Gasteiger partial charge in [0.2, 0.25) is 0 Å². The predicted octanol–water partition coefficient (Wildman–Crippen LogP) is 4.31. The Bertz CT molecular complexity index is 1010. The summed E-state index contributed by atoms with van der Waals surface area (Å²) in [4.78, 5) is 28.5. The van der Waals surface area contributed by atoms with E-state index < -0.39 is 17.8 Å². The molecule has 0 saturated carbocycles. The van der Waals surface area contributed by atoms with Crippen molar-refractivity contribution in [3.63, 3.8) is 0 Å². The SMILES string of the molecule is CSc1cc2c(cc1C(F)(F)F)N(C(=O)Nc1cccc(C(=O)NCCN(C)C)c1)CC2. The minimum Gasteiger partial charge on any atom is -0.351 e. The standard InChI is InChI=1S/C22H25F3N4O2S/c1-28(2)10-8-26-20(30)15-5-4-6-16(11-15)27-21(31)29-9-7-14-12-19(32-3)17(13-18(14)29)22(23,24)25/h4-6,11-13H,7-10H2,1-3H3,(H,26,30)(H,27,31). The number of alkyl halides is 3. The first-order chi connectivity index (χ1) is 15.1. The molecule has 1 heterocycles.